The Labute approximate surface area is 146 Å². The van der Waals surface area contributed by atoms with E-state index < -0.39 is 11.7 Å². The van der Waals surface area contributed by atoms with Crippen LogP contribution in [0.2, 0.25) is 0 Å². The first-order valence-corrected chi connectivity index (χ1v) is 8.44. The van der Waals surface area contributed by atoms with Gasteiger partial charge in [-0.2, -0.15) is 0 Å². The molecule has 0 spiro atoms. The summed E-state index contributed by atoms with van der Waals surface area (Å²) in [5.41, 5.74) is 0.103. The minimum Gasteiger partial charge on any atom is -0.494 e. The molecule has 0 bridgehead atoms. The fourth-order valence-corrected chi connectivity index (χ4v) is 2.26. The molecule has 25 heavy (non-hydrogen) atoms. The molecule has 0 heterocycles. The maximum Gasteiger partial charge on any atom is 0.255 e. The average molecular weight is 343 g/mol. The van der Waals surface area contributed by atoms with E-state index in [2.05, 4.69) is 12.2 Å². The number of benzene rings is 1. The standard InChI is InChI=1S/C20H22FNO3/c1-2-3-4-5-14-25-17-10-12-18(19(23)13-11-17)22-20(24)15-6-8-16(21)9-7-15/h6-13H,2-5,14H2,1H3,(H,22,23,24). The van der Waals surface area contributed by atoms with Crippen molar-refractivity contribution in [1.29, 1.82) is 0 Å². The summed E-state index contributed by atoms with van der Waals surface area (Å²) < 4.78 is 18.5. The zero-order valence-corrected chi connectivity index (χ0v) is 14.3. The molecule has 132 valence electrons. The van der Waals surface area contributed by atoms with E-state index in [-0.39, 0.29) is 16.7 Å². The van der Waals surface area contributed by atoms with Crippen molar-refractivity contribution in [2.45, 2.75) is 32.6 Å². The Kier molecular flexibility index (Phi) is 7.14. The number of hydrogen-bond donors (Lipinski definition) is 1. The summed E-state index contributed by atoms with van der Waals surface area (Å²) >= 11 is 0. The summed E-state index contributed by atoms with van der Waals surface area (Å²) in [4.78, 5) is 24.2. The van der Waals surface area contributed by atoms with E-state index in [1.54, 1.807) is 12.1 Å². The summed E-state index contributed by atoms with van der Waals surface area (Å²) in [6.45, 7) is 2.74. The van der Waals surface area contributed by atoms with Crippen molar-refractivity contribution in [3.63, 3.8) is 0 Å². The maximum atomic E-state index is 12.9. The van der Waals surface area contributed by atoms with Crippen LogP contribution in [-0.4, -0.2) is 12.5 Å². The molecule has 1 N–H and O–H groups in total. The fraction of sp³-hybridized carbons (Fsp3) is 0.300. The van der Waals surface area contributed by atoms with Gasteiger partial charge in [-0.1, -0.05) is 26.2 Å². The van der Waals surface area contributed by atoms with Gasteiger partial charge >= 0.3 is 0 Å². The SMILES string of the molecule is CCCCCCOc1ccc(NC(=O)c2ccc(F)cc2)c(=O)cc1. The van der Waals surface area contributed by atoms with Gasteiger partial charge in [0.2, 0.25) is 5.43 Å². The molecule has 2 aromatic carbocycles. The predicted molar refractivity (Wildman–Crippen MR) is 96.7 cm³/mol. The van der Waals surface area contributed by atoms with Gasteiger partial charge in [-0.15, -0.1) is 0 Å². The molecule has 0 radical (unpaired) electrons. The van der Waals surface area contributed by atoms with Crippen molar-refractivity contribution in [2.24, 2.45) is 0 Å². The lowest BCUT2D eigenvalue weighted by atomic mass is 10.2. The van der Waals surface area contributed by atoms with Crippen LogP contribution in [0.5, 0.6) is 5.75 Å². The number of rotatable bonds is 8. The molecule has 0 saturated heterocycles. The van der Waals surface area contributed by atoms with Crippen LogP contribution in [0.4, 0.5) is 10.1 Å². The lowest BCUT2D eigenvalue weighted by Gasteiger charge is -2.04. The molecule has 0 aromatic heterocycles. The minimum absolute atomic E-state index is 0.148. The fourth-order valence-electron chi connectivity index (χ4n) is 2.26. The van der Waals surface area contributed by atoms with E-state index in [1.807, 2.05) is 0 Å². The van der Waals surface area contributed by atoms with Crippen molar-refractivity contribution < 1.29 is 13.9 Å². The van der Waals surface area contributed by atoms with Gasteiger partial charge < -0.3 is 10.1 Å². The van der Waals surface area contributed by atoms with Gasteiger partial charge in [-0.3, -0.25) is 9.59 Å². The molecule has 2 rings (SSSR count). The van der Waals surface area contributed by atoms with Gasteiger partial charge in [0.05, 0.1) is 12.3 Å². The Balaban J connectivity index is 2.01. The summed E-state index contributed by atoms with van der Waals surface area (Å²) in [7, 11) is 0. The molecular weight excluding hydrogens is 321 g/mol. The highest BCUT2D eigenvalue weighted by Crippen LogP contribution is 2.12. The normalized spacial score (nSPS) is 10.3. The smallest absolute Gasteiger partial charge is 0.255 e. The van der Waals surface area contributed by atoms with Gasteiger partial charge in [0, 0.05) is 5.56 Å². The van der Waals surface area contributed by atoms with Crippen molar-refractivity contribution in [3.8, 4) is 5.75 Å². The molecule has 1 amide bonds. The summed E-state index contributed by atoms with van der Waals surface area (Å²) in [5, 5.41) is 2.55. The second-order valence-corrected chi connectivity index (χ2v) is 5.72. The molecule has 0 atom stereocenters. The van der Waals surface area contributed by atoms with Crippen LogP contribution < -0.4 is 15.5 Å². The third-order valence-corrected chi connectivity index (χ3v) is 3.70. The molecule has 5 heteroatoms. The Morgan fingerprint density at radius 3 is 2.44 bits per heavy atom. The van der Waals surface area contributed by atoms with Crippen molar-refractivity contribution in [1.82, 2.24) is 0 Å². The quantitative estimate of drug-likeness (QED) is 0.723. The number of halogens is 1. The number of unbranched alkanes of at least 4 members (excludes halogenated alkanes) is 3. The van der Waals surface area contributed by atoms with Crippen molar-refractivity contribution in [2.75, 3.05) is 11.9 Å². The van der Waals surface area contributed by atoms with Gasteiger partial charge in [0.25, 0.3) is 5.91 Å². The Hall–Kier alpha value is -2.69. The number of carbonyl (C=O) groups excluding carboxylic acids is 1. The first-order chi connectivity index (χ1) is 12.1. The van der Waals surface area contributed by atoms with Crippen molar-refractivity contribution in [3.05, 3.63) is 70.1 Å². The average Bonchev–Trinajstić information content (AvgIpc) is 2.78. The van der Waals surface area contributed by atoms with Crippen LogP contribution in [0, 0.1) is 5.82 Å². The zero-order chi connectivity index (χ0) is 18.1. The highest BCUT2D eigenvalue weighted by molar-refractivity contribution is 6.04. The first kappa shape index (κ1) is 18.6. The largest absolute Gasteiger partial charge is 0.494 e. The molecular formula is C20H22FNO3. The number of amides is 1. The van der Waals surface area contributed by atoms with E-state index >= 15 is 0 Å². The van der Waals surface area contributed by atoms with Crippen LogP contribution in [0.3, 0.4) is 0 Å². The van der Waals surface area contributed by atoms with Crippen LogP contribution in [0.15, 0.2) is 53.3 Å². The minimum atomic E-state index is -0.467. The third-order valence-electron chi connectivity index (χ3n) is 3.70. The van der Waals surface area contributed by atoms with E-state index in [9.17, 15) is 14.0 Å². The van der Waals surface area contributed by atoms with Gasteiger partial charge in [0.1, 0.15) is 11.6 Å². The lowest BCUT2D eigenvalue weighted by Crippen LogP contribution is -2.16. The Morgan fingerprint density at radius 1 is 1.00 bits per heavy atom. The van der Waals surface area contributed by atoms with E-state index in [0.717, 1.165) is 19.3 Å². The van der Waals surface area contributed by atoms with E-state index in [4.69, 9.17) is 4.74 Å². The molecule has 0 aliphatic carbocycles. The van der Waals surface area contributed by atoms with Gasteiger partial charge in [-0.25, -0.2) is 4.39 Å². The van der Waals surface area contributed by atoms with Crippen LogP contribution in [-0.2, 0) is 0 Å². The maximum absolute atomic E-state index is 12.9. The summed E-state index contributed by atoms with van der Waals surface area (Å²) in [6.07, 6.45) is 4.42. The molecule has 0 unspecified atom stereocenters. The zero-order valence-electron chi connectivity index (χ0n) is 14.3. The highest BCUT2D eigenvalue weighted by atomic mass is 19.1. The van der Waals surface area contributed by atoms with Crippen LogP contribution in [0.1, 0.15) is 43.0 Å². The molecule has 4 nitrogen and oxygen atoms in total. The molecule has 0 aliphatic heterocycles. The number of nitrogens with one attached hydrogen (secondary N) is 1. The van der Waals surface area contributed by atoms with Gasteiger partial charge in [-0.05, 0) is 55.0 Å². The predicted octanol–water partition coefficient (Wildman–Crippen LogP) is 4.40. The number of carbonyl (C=O) groups is 1. The summed E-state index contributed by atoms with van der Waals surface area (Å²) in [6, 6.07) is 11.3. The third kappa shape index (κ3) is 6.03. The molecule has 0 aliphatic rings. The monoisotopic (exact) mass is 343 g/mol. The number of anilines is 1. The summed E-state index contributed by atoms with van der Waals surface area (Å²) in [5.74, 6) is -0.311. The highest BCUT2D eigenvalue weighted by Gasteiger charge is 2.08. The first-order valence-electron chi connectivity index (χ1n) is 8.44. The van der Waals surface area contributed by atoms with Crippen molar-refractivity contribution >= 4 is 11.6 Å². The van der Waals surface area contributed by atoms with E-state index in [1.165, 1.54) is 42.8 Å². The van der Waals surface area contributed by atoms with E-state index in [0.29, 0.717) is 12.4 Å². The molecule has 0 saturated carbocycles. The van der Waals surface area contributed by atoms with Crippen LogP contribution in [0.25, 0.3) is 0 Å². The molecule has 2 aromatic rings. The Morgan fingerprint density at radius 2 is 1.72 bits per heavy atom. The second kappa shape index (κ2) is 9.57. The number of hydrogen-bond acceptors (Lipinski definition) is 3. The van der Waals surface area contributed by atoms with Gasteiger partial charge in [0.15, 0.2) is 0 Å². The van der Waals surface area contributed by atoms with Crippen LogP contribution >= 0.6 is 0 Å². The number of ether oxygens (including phenoxy) is 1. The lowest BCUT2D eigenvalue weighted by molar-refractivity contribution is 0.102. The topological polar surface area (TPSA) is 55.4 Å². The Bertz CT molecular complexity index is 760. The molecule has 0 fully saturated rings. The second-order valence-electron chi connectivity index (χ2n) is 5.72.